The predicted octanol–water partition coefficient (Wildman–Crippen LogP) is 2.57. The van der Waals surface area contributed by atoms with Crippen LogP contribution in [0.1, 0.15) is 38.0 Å². The van der Waals surface area contributed by atoms with Gasteiger partial charge < -0.3 is 10.2 Å². The van der Waals surface area contributed by atoms with E-state index in [1.165, 1.54) is 6.07 Å². The van der Waals surface area contributed by atoms with Gasteiger partial charge in [-0.15, -0.1) is 0 Å². The number of aliphatic hydroxyl groups excluding tert-OH is 2. The van der Waals surface area contributed by atoms with E-state index in [4.69, 9.17) is 0 Å². The normalized spacial score (nSPS) is 15.9. The molecule has 3 heteroatoms. The maximum absolute atomic E-state index is 13.3. The Bertz CT molecular complexity index is 369. The van der Waals surface area contributed by atoms with Gasteiger partial charge in [0.05, 0.1) is 6.10 Å². The molecule has 2 N–H and O–H groups in total. The number of hydrogen-bond donors (Lipinski definition) is 2. The van der Waals surface area contributed by atoms with Crippen molar-refractivity contribution >= 4 is 0 Å². The monoisotopic (exact) mass is 226 g/mol. The number of benzene rings is 1. The minimum absolute atomic E-state index is 0.363. The Kier molecular flexibility index (Phi) is 3.71. The van der Waals surface area contributed by atoms with Crippen molar-refractivity contribution in [3.63, 3.8) is 0 Å². The van der Waals surface area contributed by atoms with E-state index < -0.39 is 17.6 Å². The smallest absolute Gasteiger partial charge is 0.126 e. The fraction of sp³-hybridized carbons (Fsp3) is 0.538. The maximum atomic E-state index is 13.3. The molecule has 0 aliphatic heterocycles. The van der Waals surface area contributed by atoms with Crippen molar-refractivity contribution in [3.05, 3.63) is 35.1 Å². The van der Waals surface area contributed by atoms with Gasteiger partial charge in [-0.2, -0.15) is 0 Å². The summed E-state index contributed by atoms with van der Waals surface area (Å²) in [6, 6.07) is 4.51. The van der Waals surface area contributed by atoms with Crippen LogP contribution >= 0.6 is 0 Å². The molecule has 2 nitrogen and oxygen atoms in total. The molecule has 1 rings (SSSR count). The summed E-state index contributed by atoms with van der Waals surface area (Å²) in [5, 5.41) is 19.8. The lowest BCUT2D eigenvalue weighted by molar-refractivity contribution is -0.0459. The molecule has 0 aromatic heterocycles. The van der Waals surface area contributed by atoms with Crippen LogP contribution in [0.25, 0.3) is 0 Å². The Morgan fingerprint density at radius 1 is 1.19 bits per heavy atom. The van der Waals surface area contributed by atoms with Gasteiger partial charge in [-0.1, -0.05) is 32.9 Å². The van der Waals surface area contributed by atoms with E-state index in [9.17, 15) is 14.6 Å². The maximum Gasteiger partial charge on any atom is 0.126 e. The summed E-state index contributed by atoms with van der Waals surface area (Å²) in [5.41, 5.74) is 0.493. The second kappa shape index (κ2) is 4.52. The van der Waals surface area contributed by atoms with E-state index in [0.717, 1.165) is 0 Å². The van der Waals surface area contributed by atoms with Crippen LogP contribution in [0.4, 0.5) is 4.39 Å². The van der Waals surface area contributed by atoms with E-state index in [1.54, 1.807) is 19.1 Å². The van der Waals surface area contributed by atoms with E-state index in [1.807, 2.05) is 20.8 Å². The lowest BCUT2D eigenvalue weighted by Crippen LogP contribution is -2.32. The van der Waals surface area contributed by atoms with Gasteiger partial charge in [0.1, 0.15) is 11.9 Å². The summed E-state index contributed by atoms with van der Waals surface area (Å²) in [7, 11) is 0. The summed E-state index contributed by atoms with van der Waals surface area (Å²) < 4.78 is 13.3. The molecule has 90 valence electrons. The molecule has 0 aliphatic carbocycles. The minimum atomic E-state index is -1.06. The first-order valence-electron chi connectivity index (χ1n) is 5.35. The molecule has 0 amide bonds. The molecular formula is C13H19FO2. The Labute approximate surface area is 95.7 Å². The van der Waals surface area contributed by atoms with Crippen molar-refractivity contribution in [3.8, 4) is 0 Å². The highest BCUT2D eigenvalue weighted by molar-refractivity contribution is 5.25. The molecule has 0 radical (unpaired) electrons. The van der Waals surface area contributed by atoms with Crippen LogP contribution in [-0.4, -0.2) is 16.3 Å². The molecule has 0 saturated heterocycles. The summed E-state index contributed by atoms with van der Waals surface area (Å²) >= 11 is 0. The second-order valence-corrected chi connectivity index (χ2v) is 5.26. The predicted molar refractivity (Wildman–Crippen MR) is 61.6 cm³/mol. The number of hydrogen-bond acceptors (Lipinski definition) is 2. The van der Waals surface area contributed by atoms with Gasteiger partial charge in [-0.05, 0) is 29.5 Å². The van der Waals surface area contributed by atoms with Crippen molar-refractivity contribution < 1.29 is 14.6 Å². The second-order valence-electron chi connectivity index (χ2n) is 5.26. The summed E-state index contributed by atoms with van der Waals surface area (Å²) in [4.78, 5) is 0. The molecule has 16 heavy (non-hydrogen) atoms. The quantitative estimate of drug-likeness (QED) is 0.813. The highest BCUT2D eigenvalue weighted by Crippen LogP contribution is 2.30. The molecule has 0 spiro atoms. The lowest BCUT2D eigenvalue weighted by atomic mass is 9.83. The van der Waals surface area contributed by atoms with Crippen molar-refractivity contribution in [2.75, 3.05) is 0 Å². The first-order valence-corrected chi connectivity index (χ1v) is 5.35. The molecule has 1 aromatic carbocycles. The van der Waals surface area contributed by atoms with Gasteiger partial charge in [0.2, 0.25) is 0 Å². The molecule has 0 saturated carbocycles. The average molecular weight is 226 g/mol. The highest BCUT2D eigenvalue weighted by Gasteiger charge is 2.30. The minimum Gasteiger partial charge on any atom is -0.390 e. The van der Waals surface area contributed by atoms with E-state index in [-0.39, 0.29) is 5.82 Å². The highest BCUT2D eigenvalue weighted by atomic mass is 19.1. The van der Waals surface area contributed by atoms with E-state index in [0.29, 0.717) is 11.1 Å². The topological polar surface area (TPSA) is 40.5 Å². The molecule has 0 aliphatic rings. The largest absolute Gasteiger partial charge is 0.390 e. The number of aliphatic hydroxyl groups is 2. The van der Waals surface area contributed by atoms with Crippen LogP contribution < -0.4 is 0 Å². The Balaban J connectivity index is 2.97. The molecule has 0 fully saturated rings. The number of aryl methyl sites for hydroxylation is 1. The lowest BCUT2D eigenvalue weighted by Gasteiger charge is -2.30. The molecule has 0 bridgehead atoms. The Morgan fingerprint density at radius 3 is 2.19 bits per heavy atom. The zero-order chi connectivity index (χ0) is 12.5. The third-order valence-corrected chi connectivity index (χ3v) is 2.72. The molecule has 1 aromatic rings. The van der Waals surface area contributed by atoms with Crippen molar-refractivity contribution in [2.24, 2.45) is 5.41 Å². The van der Waals surface area contributed by atoms with Crippen LogP contribution in [0.5, 0.6) is 0 Å². The Morgan fingerprint density at radius 2 is 1.75 bits per heavy atom. The number of halogens is 1. The zero-order valence-corrected chi connectivity index (χ0v) is 10.2. The van der Waals surface area contributed by atoms with Crippen molar-refractivity contribution in [1.29, 1.82) is 0 Å². The molecule has 2 atom stereocenters. The van der Waals surface area contributed by atoms with Gasteiger partial charge in [0.25, 0.3) is 0 Å². The zero-order valence-electron chi connectivity index (χ0n) is 10.2. The fourth-order valence-corrected chi connectivity index (χ4v) is 1.45. The summed E-state index contributed by atoms with van der Waals surface area (Å²) in [6.07, 6.45) is -1.98. The third kappa shape index (κ3) is 2.80. The third-order valence-electron chi connectivity index (χ3n) is 2.72. The van der Waals surface area contributed by atoms with Gasteiger partial charge in [0, 0.05) is 0 Å². The fourth-order valence-electron chi connectivity index (χ4n) is 1.45. The van der Waals surface area contributed by atoms with E-state index >= 15 is 0 Å². The molecule has 2 unspecified atom stereocenters. The van der Waals surface area contributed by atoms with Crippen LogP contribution in [0.2, 0.25) is 0 Å². The molecular weight excluding hydrogens is 207 g/mol. The van der Waals surface area contributed by atoms with Gasteiger partial charge in [-0.3, -0.25) is 0 Å². The Hall–Kier alpha value is -0.930. The molecule has 0 heterocycles. The first kappa shape index (κ1) is 13.1. The summed E-state index contributed by atoms with van der Waals surface area (Å²) in [6.45, 7) is 7.13. The van der Waals surface area contributed by atoms with Gasteiger partial charge >= 0.3 is 0 Å². The van der Waals surface area contributed by atoms with Crippen molar-refractivity contribution in [1.82, 2.24) is 0 Å². The SMILES string of the molecule is Cc1ccc(C(O)C(O)C(C)(C)C)cc1F. The first-order chi connectivity index (χ1) is 7.23. The van der Waals surface area contributed by atoms with Crippen LogP contribution in [0.15, 0.2) is 18.2 Å². The van der Waals surface area contributed by atoms with Gasteiger partial charge in [0.15, 0.2) is 0 Å². The number of rotatable bonds is 2. The standard InChI is InChI=1S/C13H19FO2/c1-8-5-6-9(7-10(8)14)11(15)12(16)13(2,3)4/h5-7,11-12,15-16H,1-4H3. The summed E-state index contributed by atoms with van der Waals surface area (Å²) in [5.74, 6) is -0.363. The van der Waals surface area contributed by atoms with Crippen LogP contribution in [0, 0.1) is 18.2 Å². The van der Waals surface area contributed by atoms with Gasteiger partial charge in [-0.25, -0.2) is 4.39 Å². The average Bonchev–Trinajstić information content (AvgIpc) is 2.18. The van der Waals surface area contributed by atoms with Crippen LogP contribution in [0.3, 0.4) is 0 Å². The van der Waals surface area contributed by atoms with Crippen LogP contribution in [-0.2, 0) is 0 Å². The van der Waals surface area contributed by atoms with Crippen molar-refractivity contribution in [2.45, 2.75) is 39.9 Å². The van der Waals surface area contributed by atoms with E-state index in [2.05, 4.69) is 0 Å².